The second-order valence-electron chi connectivity index (χ2n) is 2.84. The topological polar surface area (TPSA) is 26.0 Å². The van der Waals surface area contributed by atoms with Gasteiger partial charge in [-0.3, -0.25) is 0 Å². The molecule has 2 N–H and O–H groups in total. The molecule has 1 nitrogen and oxygen atoms in total. The maximum atomic E-state index is 5.53. The molecule has 2 heteroatoms. The lowest BCUT2D eigenvalue weighted by molar-refractivity contribution is 0.969. The van der Waals surface area contributed by atoms with Gasteiger partial charge < -0.3 is 5.73 Å². The van der Waals surface area contributed by atoms with Crippen LogP contribution in [-0.2, 0) is 6.42 Å². The molecule has 0 unspecified atom stereocenters. The van der Waals surface area contributed by atoms with Crippen LogP contribution < -0.4 is 5.73 Å². The molecule has 1 rings (SSSR count). The average Bonchev–Trinajstić information content (AvgIpc) is 2.17. The molecule has 1 aromatic rings. The zero-order valence-electron chi connectivity index (χ0n) is 7.54. The van der Waals surface area contributed by atoms with Crippen LogP contribution in [0.25, 0.3) is 6.08 Å². The van der Waals surface area contributed by atoms with Crippen LogP contribution in [0, 0.1) is 0 Å². The van der Waals surface area contributed by atoms with E-state index in [9.17, 15) is 0 Å². The Labute approximate surface area is 84.2 Å². The summed E-state index contributed by atoms with van der Waals surface area (Å²) in [4.78, 5) is 0. The Bertz CT molecular complexity index is 264. The summed E-state index contributed by atoms with van der Waals surface area (Å²) >= 11 is 5.53. The van der Waals surface area contributed by atoms with E-state index in [1.807, 2.05) is 12.2 Å². The number of nitrogens with two attached hydrogens (primary N) is 1. The van der Waals surface area contributed by atoms with Gasteiger partial charge in [0.05, 0.1) is 0 Å². The third-order valence-electron chi connectivity index (χ3n) is 1.81. The molecule has 0 aliphatic rings. The molecule has 0 saturated heterocycles. The van der Waals surface area contributed by atoms with Gasteiger partial charge in [0.25, 0.3) is 0 Å². The minimum Gasteiger partial charge on any atom is -0.330 e. The molecule has 0 fully saturated rings. The lowest BCUT2D eigenvalue weighted by atomic mass is 10.1. The first kappa shape index (κ1) is 10.3. The van der Waals surface area contributed by atoms with Gasteiger partial charge in [-0.15, -0.1) is 11.6 Å². The van der Waals surface area contributed by atoms with Crippen molar-refractivity contribution >= 4 is 17.7 Å². The van der Waals surface area contributed by atoms with E-state index in [1.54, 1.807) is 0 Å². The van der Waals surface area contributed by atoms with Crippen molar-refractivity contribution in [3.8, 4) is 0 Å². The van der Waals surface area contributed by atoms with Crippen LogP contribution in [0.2, 0.25) is 0 Å². The largest absolute Gasteiger partial charge is 0.330 e. The Balaban J connectivity index is 2.64. The number of alkyl halides is 1. The highest BCUT2D eigenvalue weighted by atomic mass is 35.5. The molecule has 0 atom stereocenters. The molecule has 0 aliphatic heterocycles. The normalized spacial score (nSPS) is 10.9. The van der Waals surface area contributed by atoms with Crippen molar-refractivity contribution < 1.29 is 0 Å². The van der Waals surface area contributed by atoms with Crippen molar-refractivity contribution in [2.24, 2.45) is 5.73 Å². The summed E-state index contributed by atoms with van der Waals surface area (Å²) in [5, 5.41) is 0. The highest BCUT2D eigenvalue weighted by Crippen LogP contribution is 2.06. The molecule has 0 aromatic heterocycles. The number of halogens is 1. The Morgan fingerprint density at radius 2 is 1.92 bits per heavy atom. The van der Waals surface area contributed by atoms with Crippen LogP contribution in [0.1, 0.15) is 11.1 Å². The van der Waals surface area contributed by atoms with Gasteiger partial charge in [0, 0.05) is 5.88 Å². The first-order chi connectivity index (χ1) is 6.36. The maximum Gasteiger partial charge on any atom is 0.0407 e. The molecule has 0 amide bonds. The fraction of sp³-hybridized carbons (Fsp3) is 0.273. The highest BCUT2D eigenvalue weighted by Gasteiger charge is 1.90. The van der Waals surface area contributed by atoms with E-state index >= 15 is 0 Å². The molecule has 0 spiro atoms. The summed E-state index contributed by atoms with van der Waals surface area (Å²) in [5.74, 6) is 0.560. The van der Waals surface area contributed by atoms with Crippen LogP contribution in [0.3, 0.4) is 0 Å². The first-order valence-corrected chi connectivity index (χ1v) is 4.92. The van der Waals surface area contributed by atoms with Gasteiger partial charge >= 0.3 is 0 Å². The number of benzene rings is 1. The van der Waals surface area contributed by atoms with Crippen molar-refractivity contribution in [3.05, 3.63) is 41.5 Å². The SMILES string of the molecule is NCCc1ccc(C=CCCl)cc1. The lowest BCUT2D eigenvalue weighted by Crippen LogP contribution is -2.02. The zero-order chi connectivity index (χ0) is 9.52. The highest BCUT2D eigenvalue weighted by molar-refractivity contribution is 6.19. The summed E-state index contributed by atoms with van der Waals surface area (Å²) in [6, 6.07) is 8.35. The smallest absolute Gasteiger partial charge is 0.0407 e. The van der Waals surface area contributed by atoms with Crippen LogP contribution >= 0.6 is 11.6 Å². The third kappa shape index (κ3) is 3.62. The Morgan fingerprint density at radius 1 is 1.23 bits per heavy atom. The fourth-order valence-corrected chi connectivity index (χ4v) is 1.23. The van der Waals surface area contributed by atoms with Gasteiger partial charge in [-0.25, -0.2) is 0 Å². The molecule has 1 aromatic carbocycles. The molecule has 0 heterocycles. The quantitative estimate of drug-likeness (QED) is 0.734. The van der Waals surface area contributed by atoms with Crippen molar-refractivity contribution in [1.82, 2.24) is 0 Å². The maximum absolute atomic E-state index is 5.53. The van der Waals surface area contributed by atoms with Gasteiger partial charge in [-0.05, 0) is 24.1 Å². The molecular weight excluding hydrogens is 182 g/mol. The molecule has 70 valence electrons. The third-order valence-corrected chi connectivity index (χ3v) is 1.99. The van der Waals surface area contributed by atoms with E-state index in [4.69, 9.17) is 17.3 Å². The summed E-state index contributed by atoms with van der Waals surface area (Å²) < 4.78 is 0. The minimum atomic E-state index is 0.560. The number of hydrogen-bond acceptors (Lipinski definition) is 1. The van der Waals surface area contributed by atoms with Crippen LogP contribution in [0.15, 0.2) is 30.3 Å². The summed E-state index contributed by atoms with van der Waals surface area (Å²) in [6.45, 7) is 0.705. The molecular formula is C11H14ClN. The average molecular weight is 196 g/mol. The van der Waals surface area contributed by atoms with E-state index in [-0.39, 0.29) is 0 Å². The van der Waals surface area contributed by atoms with Crippen molar-refractivity contribution in [1.29, 1.82) is 0 Å². The summed E-state index contributed by atoms with van der Waals surface area (Å²) in [6.07, 6.45) is 4.89. The van der Waals surface area contributed by atoms with Gasteiger partial charge in [-0.2, -0.15) is 0 Å². The Morgan fingerprint density at radius 3 is 2.46 bits per heavy atom. The zero-order valence-corrected chi connectivity index (χ0v) is 8.30. The van der Waals surface area contributed by atoms with Gasteiger partial charge in [0.2, 0.25) is 0 Å². The summed E-state index contributed by atoms with van der Waals surface area (Å²) in [5.41, 5.74) is 7.91. The van der Waals surface area contributed by atoms with Gasteiger partial charge in [0.15, 0.2) is 0 Å². The predicted octanol–water partition coefficient (Wildman–Crippen LogP) is 2.44. The molecule has 0 aliphatic carbocycles. The van der Waals surface area contributed by atoms with Crippen LogP contribution in [0.4, 0.5) is 0 Å². The standard InChI is InChI=1S/C11H14ClN/c12-8-1-2-10-3-5-11(6-4-10)7-9-13/h1-6H,7-9,13H2. The molecule has 13 heavy (non-hydrogen) atoms. The van der Waals surface area contributed by atoms with Crippen LogP contribution in [0.5, 0.6) is 0 Å². The Kier molecular flexibility index (Phi) is 4.58. The van der Waals surface area contributed by atoms with E-state index in [2.05, 4.69) is 24.3 Å². The predicted molar refractivity (Wildman–Crippen MR) is 59.0 cm³/mol. The van der Waals surface area contributed by atoms with Gasteiger partial charge in [0.1, 0.15) is 0 Å². The first-order valence-electron chi connectivity index (χ1n) is 4.38. The second-order valence-corrected chi connectivity index (χ2v) is 3.15. The molecule has 0 saturated carbocycles. The fourth-order valence-electron chi connectivity index (χ4n) is 1.14. The van der Waals surface area contributed by atoms with Crippen molar-refractivity contribution in [3.63, 3.8) is 0 Å². The minimum absolute atomic E-state index is 0.560. The van der Waals surface area contributed by atoms with Crippen molar-refractivity contribution in [2.75, 3.05) is 12.4 Å². The summed E-state index contributed by atoms with van der Waals surface area (Å²) in [7, 11) is 0. The van der Waals surface area contributed by atoms with E-state index in [0.717, 1.165) is 6.42 Å². The lowest BCUT2D eigenvalue weighted by Gasteiger charge is -1.98. The Hall–Kier alpha value is -0.790. The number of rotatable bonds is 4. The molecule has 0 bridgehead atoms. The van der Waals surface area contributed by atoms with Gasteiger partial charge in [-0.1, -0.05) is 36.4 Å². The number of allylic oxidation sites excluding steroid dienone is 1. The van der Waals surface area contributed by atoms with E-state index in [1.165, 1.54) is 11.1 Å². The van der Waals surface area contributed by atoms with E-state index < -0.39 is 0 Å². The van der Waals surface area contributed by atoms with E-state index in [0.29, 0.717) is 12.4 Å². The van der Waals surface area contributed by atoms with Crippen molar-refractivity contribution in [2.45, 2.75) is 6.42 Å². The molecule has 0 radical (unpaired) electrons. The second kappa shape index (κ2) is 5.79. The number of hydrogen-bond donors (Lipinski definition) is 1. The monoisotopic (exact) mass is 195 g/mol. The van der Waals surface area contributed by atoms with Crippen LogP contribution in [-0.4, -0.2) is 12.4 Å².